The van der Waals surface area contributed by atoms with Crippen LogP contribution in [-0.4, -0.2) is 63.5 Å². The van der Waals surface area contributed by atoms with Crippen LogP contribution in [0.5, 0.6) is 0 Å². The van der Waals surface area contributed by atoms with E-state index in [-0.39, 0.29) is 42.0 Å². The molecule has 3 unspecified atom stereocenters. The summed E-state index contributed by atoms with van der Waals surface area (Å²) in [4.78, 5) is 42.0. The molecule has 3 heterocycles. The Morgan fingerprint density at radius 2 is 2.06 bits per heavy atom. The normalized spacial score (nSPS) is 32.8. The van der Waals surface area contributed by atoms with Gasteiger partial charge in [0.2, 0.25) is 17.7 Å². The van der Waals surface area contributed by atoms with Gasteiger partial charge in [0, 0.05) is 24.9 Å². The first-order valence-corrected chi connectivity index (χ1v) is 12.5. The second-order valence-corrected chi connectivity index (χ2v) is 10.9. The number of anilines is 1. The number of amides is 3. The maximum absolute atomic E-state index is 13.7. The number of benzene rings is 1. The summed E-state index contributed by atoms with van der Waals surface area (Å²) in [5.41, 5.74) is 0.496. The summed E-state index contributed by atoms with van der Waals surface area (Å²) in [6.45, 7) is 4.84. The Morgan fingerprint density at radius 3 is 2.75 bits per heavy atom. The van der Waals surface area contributed by atoms with Gasteiger partial charge < -0.3 is 20.6 Å². The largest absolute Gasteiger partial charge is 0.396 e. The van der Waals surface area contributed by atoms with Gasteiger partial charge in [0.1, 0.15) is 6.04 Å². The van der Waals surface area contributed by atoms with Gasteiger partial charge in [-0.15, -0.1) is 11.8 Å². The minimum Gasteiger partial charge on any atom is -0.396 e. The van der Waals surface area contributed by atoms with Crippen LogP contribution in [0.4, 0.5) is 5.69 Å². The van der Waals surface area contributed by atoms with Crippen molar-refractivity contribution in [1.82, 2.24) is 10.2 Å². The SMILES string of the molecule is CCCNC(=O)[C@@H]1[C@H]2C(=O)N(CCCO)C(C(=O)Nc3ccccc3Cl)C23S[C@@H]1CC3C. The summed E-state index contributed by atoms with van der Waals surface area (Å²) in [5, 5.41) is 15.8. The van der Waals surface area contributed by atoms with Crippen LogP contribution in [0.3, 0.4) is 0 Å². The third-order valence-corrected chi connectivity index (χ3v) is 9.44. The molecule has 6 atom stereocenters. The molecule has 0 radical (unpaired) electrons. The zero-order valence-electron chi connectivity index (χ0n) is 18.3. The first kappa shape index (κ1) is 23.4. The van der Waals surface area contributed by atoms with Gasteiger partial charge in [0.05, 0.1) is 27.3 Å². The van der Waals surface area contributed by atoms with Crippen molar-refractivity contribution >= 4 is 46.8 Å². The number of thioether (sulfide) groups is 1. The Hall–Kier alpha value is -1.77. The molecule has 3 saturated heterocycles. The summed E-state index contributed by atoms with van der Waals surface area (Å²) < 4.78 is -0.670. The predicted octanol–water partition coefficient (Wildman–Crippen LogP) is 2.52. The smallest absolute Gasteiger partial charge is 0.248 e. The quantitative estimate of drug-likeness (QED) is 0.532. The molecular formula is C23H30ClN3O4S. The fourth-order valence-electron chi connectivity index (χ4n) is 5.73. The topological polar surface area (TPSA) is 98.7 Å². The summed E-state index contributed by atoms with van der Waals surface area (Å²) in [6, 6.07) is 6.28. The Labute approximate surface area is 197 Å². The van der Waals surface area contributed by atoms with E-state index in [4.69, 9.17) is 11.6 Å². The Bertz CT molecular complexity index is 915. The number of aliphatic hydroxyl groups is 1. The standard InChI is InChI=1S/C23H30ClN3O4S/c1-3-9-25-20(29)17-16-12-13(2)23(32-16)18(17)22(31)27(10-6-11-28)19(23)21(30)26-15-8-5-4-7-14(15)24/h4-5,7-8,13,16-19,28H,3,6,9-12H2,1-2H3,(H,25,29)(H,26,30)/t13?,16-,17+,18+,19?,23?/m1/s1. The van der Waals surface area contributed by atoms with Gasteiger partial charge in [-0.3, -0.25) is 14.4 Å². The molecule has 3 aliphatic heterocycles. The fourth-order valence-corrected chi connectivity index (χ4v) is 8.34. The van der Waals surface area contributed by atoms with Crippen molar-refractivity contribution in [2.75, 3.05) is 25.0 Å². The number of para-hydroxylation sites is 1. The molecule has 3 N–H and O–H groups in total. The summed E-state index contributed by atoms with van der Waals surface area (Å²) in [6.07, 6.45) is 1.99. The zero-order valence-corrected chi connectivity index (χ0v) is 19.9. The van der Waals surface area contributed by atoms with Gasteiger partial charge >= 0.3 is 0 Å². The number of nitrogens with one attached hydrogen (secondary N) is 2. The molecule has 4 rings (SSSR count). The van der Waals surface area contributed by atoms with Crippen molar-refractivity contribution < 1.29 is 19.5 Å². The molecule has 174 valence electrons. The van der Waals surface area contributed by atoms with E-state index in [1.165, 1.54) is 0 Å². The van der Waals surface area contributed by atoms with Crippen LogP contribution < -0.4 is 10.6 Å². The van der Waals surface area contributed by atoms with E-state index in [0.29, 0.717) is 23.7 Å². The van der Waals surface area contributed by atoms with Crippen molar-refractivity contribution in [2.45, 2.75) is 49.1 Å². The van der Waals surface area contributed by atoms with Crippen LogP contribution in [0.15, 0.2) is 24.3 Å². The average molecular weight is 480 g/mol. The first-order chi connectivity index (χ1) is 15.4. The number of likely N-dealkylation sites (tertiary alicyclic amines) is 1. The van der Waals surface area contributed by atoms with Gasteiger partial charge in [0.15, 0.2) is 0 Å². The second-order valence-electron chi connectivity index (χ2n) is 8.92. The minimum atomic E-state index is -0.725. The number of fused-ring (bicyclic) bond motifs is 1. The number of nitrogens with zero attached hydrogens (tertiary/aromatic N) is 1. The van der Waals surface area contributed by atoms with E-state index < -0.39 is 22.6 Å². The number of halogens is 1. The molecule has 7 nitrogen and oxygen atoms in total. The first-order valence-electron chi connectivity index (χ1n) is 11.3. The highest BCUT2D eigenvalue weighted by Crippen LogP contribution is 2.68. The number of carbonyl (C=O) groups is 3. The molecule has 1 aromatic rings. The molecule has 0 aromatic heterocycles. The minimum absolute atomic E-state index is 0.0198. The zero-order chi connectivity index (χ0) is 23.0. The average Bonchev–Trinajstić information content (AvgIpc) is 3.36. The monoisotopic (exact) mass is 479 g/mol. The third-order valence-electron chi connectivity index (χ3n) is 7.03. The maximum Gasteiger partial charge on any atom is 0.248 e. The molecule has 3 amide bonds. The predicted molar refractivity (Wildman–Crippen MR) is 125 cm³/mol. The molecule has 3 aliphatic rings. The second kappa shape index (κ2) is 9.23. The molecule has 2 bridgehead atoms. The van der Waals surface area contributed by atoms with Crippen molar-refractivity contribution in [3.8, 4) is 0 Å². The van der Waals surface area contributed by atoms with E-state index in [1.54, 1.807) is 40.9 Å². The van der Waals surface area contributed by atoms with Gasteiger partial charge in [-0.25, -0.2) is 0 Å². The molecule has 9 heteroatoms. The molecule has 1 spiro atoms. The molecule has 32 heavy (non-hydrogen) atoms. The summed E-state index contributed by atoms with van der Waals surface area (Å²) in [5.74, 6) is -1.42. The molecule has 0 aliphatic carbocycles. The number of hydrogen-bond acceptors (Lipinski definition) is 5. The van der Waals surface area contributed by atoms with E-state index in [2.05, 4.69) is 17.6 Å². The van der Waals surface area contributed by atoms with Crippen LogP contribution in [0.1, 0.15) is 33.1 Å². The van der Waals surface area contributed by atoms with E-state index in [0.717, 1.165) is 12.8 Å². The Morgan fingerprint density at radius 1 is 1.31 bits per heavy atom. The van der Waals surface area contributed by atoms with Crippen LogP contribution in [0.2, 0.25) is 5.02 Å². The van der Waals surface area contributed by atoms with Crippen LogP contribution >= 0.6 is 23.4 Å². The van der Waals surface area contributed by atoms with Crippen LogP contribution in [0.25, 0.3) is 0 Å². The lowest BCUT2D eigenvalue weighted by Crippen LogP contribution is -2.55. The fraction of sp³-hybridized carbons (Fsp3) is 0.609. The van der Waals surface area contributed by atoms with E-state index in [9.17, 15) is 19.5 Å². The highest BCUT2D eigenvalue weighted by molar-refractivity contribution is 8.02. The van der Waals surface area contributed by atoms with Gasteiger partial charge in [-0.1, -0.05) is 37.6 Å². The molecule has 3 fully saturated rings. The number of carbonyl (C=O) groups excluding carboxylic acids is 3. The number of hydrogen-bond donors (Lipinski definition) is 3. The van der Waals surface area contributed by atoms with Gasteiger partial charge in [0.25, 0.3) is 0 Å². The van der Waals surface area contributed by atoms with Gasteiger partial charge in [-0.2, -0.15) is 0 Å². The summed E-state index contributed by atoms with van der Waals surface area (Å²) >= 11 is 7.91. The Kier molecular flexibility index (Phi) is 6.75. The van der Waals surface area contributed by atoms with E-state index >= 15 is 0 Å². The van der Waals surface area contributed by atoms with Crippen molar-refractivity contribution in [3.63, 3.8) is 0 Å². The van der Waals surface area contributed by atoms with Crippen molar-refractivity contribution in [3.05, 3.63) is 29.3 Å². The van der Waals surface area contributed by atoms with Crippen molar-refractivity contribution in [1.29, 1.82) is 0 Å². The third kappa shape index (κ3) is 3.60. The number of aliphatic hydroxyl groups excluding tert-OH is 1. The maximum atomic E-state index is 13.7. The van der Waals surface area contributed by atoms with E-state index in [1.807, 2.05) is 6.92 Å². The lowest BCUT2D eigenvalue weighted by atomic mass is 9.66. The van der Waals surface area contributed by atoms with Crippen LogP contribution in [-0.2, 0) is 14.4 Å². The molecule has 0 saturated carbocycles. The van der Waals surface area contributed by atoms with Gasteiger partial charge in [-0.05, 0) is 37.3 Å². The molecule has 1 aromatic carbocycles. The summed E-state index contributed by atoms with van der Waals surface area (Å²) in [7, 11) is 0. The number of rotatable bonds is 8. The lowest BCUT2D eigenvalue weighted by molar-refractivity contribution is -0.139. The van der Waals surface area contributed by atoms with Crippen LogP contribution in [0, 0.1) is 17.8 Å². The highest BCUT2D eigenvalue weighted by atomic mass is 35.5. The lowest BCUT2D eigenvalue weighted by Gasteiger charge is -2.38. The van der Waals surface area contributed by atoms with Crippen molar-refractivity contribution in [2.24, 2.45) is 17.8 Å². The molecular weight excluding hydrogens is 450 g/mol. The highest BCUT2D eigenvalue weighted by Gasteiger charge is 2.75. The Balaban J connectivity index is 1.71.